The van der Waals surface area contributed by atoms with Gasteiger partial charge in [-0.15, -0.1) is 0 Å². The first-order valence-corrected chi connectivity index (χ1v) is 7.31. The molecule has 110 valence electrons. The van der Waals surface area contributed by atoms with Crippen molar-refractivity contribution in [3.63, 3.8) is 0 Å². The molecule has 21 heavy (non-hydrogen) atoms. The third-order valence-electron chi connectivity index (χ3n) is 4.15. The standard InChI is InChI=1S/C17H21N3O/c1-17(2)8-14(18-3)13-10-19-16(20-15(13)9-17)11-4-6-12(21)7-5-11/h4-7,10,14,18,21H,8-9H2,1-3H3. The highest BCUT2D eigenvalue weighted by molar-refractivity contribution is 5.56. The highest BCUT2D eigenvalue weighted by Crippen LogP contribution is 2.39. The van der Waals surface area contributed by atoms with E-state index in [9.17, 15) is 5.11 Å². The van der Waals surface area contributed by atoms with Gasteiger partial charge in [0.2, 0.25) is 0 Å². The molecule has 1 aromatic heterocycles. The molecule has 2 aromatic rings. The molecule has 0 bridgehead atoms. The van der Waals surface area contributed by atoms with Crippen LogP contribution >= 0.6 is 0 Å². The number of hydrogen-bond acceptors (Lipinski definition) is 4. The van der Waals surface area contributed by atoms with E-state index in [4.69, 9.17) is 4.98 Å². The van der Waals surface area contributed by atoms with Crippen LogP contribution in [-0.4, -0.2) is 22.1 Å². The molecule has 4 nitrogen and oxygen atoms in total. The van der Waals surface area contributed by atoms with E-state index in [1.165, 1.54) is 5.56 Å². The molecule has 3 rings (SSSR count). The summed E-state index contributed by atoms with van der Waals surface area (Å²) in [7, 11) is 1.99. The van der Waals surface area contributed by atoms with Gasteiger partial charge in [0.1, 0.15) is 5.75 Å². The van der Waals surface area contributed by atoms with Crippen molar-refractivity contribution >= 4 is 0 Å². The van der Waals surface area contributed by atoms with Gasteiger partial charge in [0, 0.05) is 29.1 Å². The summed E-state index contributed by atoms with van der Waals surface area (Å²) in [5.74, 6) is 0.981. The third kappa shape index (κ3) is 2.76. The van der Waals surface area contributed by atoms with Crippen LogP contribution in [0.1, 0.15) is 37.6 Å². The van der Waals surface area contributed by atoms with Crippen LogP contribution in [0.15, 0.2) is 30.5 Å². The minimum Gasteiger partial charge on any atom is -0.508 e. The Kier molecular flexibility index (Phi) is 3.41. The number of aromatic nitrogens is 2. The van der Waals surface area contributed by atoms with E-state index in [0.29, 0.717) is 6.04 Å². The van der Waals surface area contributed by atoms with Gasteiger partial charge in [0.05, 0.1) is 0 Å². The maximum atomic E-state index is 9.38. The first-order chi connectivity index (χ1) is 9.98. The van der Waals surface area contributed by atoms with Crippen LogP contribution < -0.4 is 5.32 Å². The van der Waals surface area contributed by atoms with Crippen LogP contribution in [0.4, 0.5) is 0 Å². The second-order valence-electron chi connectivity index (χ2n) is 6.53. The first-order valence-electron chi connectivity index (χ1n) is 7.31. The maximum absolute atomic E-state index is 9.38. The average molecular weight is 283 g/mol. The van der Waals surface area contributed by atoms with Crippen LogP contribution in [0.5, 0.6) is 5.75 Å². The van der Waals surface area contributed by atoms with E-state index < -0.39 is 0 Å². The number of phenols is 1. The Morgan fingerprint density at radius 1 is 1.24 bits per heavy atom. The largest absolute Gasteiger partial charge is 0.508 e. The number of benzene rings is 1. The van der Waals surface area contributed by atoms with Crippen molar-refractivity contribution in [3.05, 3.63) is 41.7 Å². The molecule has 0 fully saturated rings. The van der Waals surface area contributed by atoms with Gasteiger partial charge in [-0.1, -0.05) is 13.8 Å². The molecule has 1 atom stereocenters. The number of nitrogens with zero attached hydrogens (tertiary/aromatic N) is 2. The summed E-state index contributed by atoms with van der Waals surface area (Å²) in [6.45, 7) is 4.56. The molecule has 1 heterocycles. The van der Waals surface area contributed by atoms with Crippen molar-refractivity contribution in [2.75, 3.05) is 7.05 Å². The van der Waals surface area contributed by atoms with Gasteiger partial charge in [-0.05, 0) is 49.6 Å². The number of fused-ring (bicyclic) bond motifs is 1. The Morgan fingerprint density at radius 2 is 1.95 bits per heavy atom. The Labute approximate surface area is 125 Å². The van der Waals surface area contributed by atoms with Gasteiger partial charge >= 0.3 is 0 Å². The zero-order chi connectivity index (χ0) is 15.0. The lowest BCUT2D eigenvalue weighted by Crippen LogP contribution is -2.32. The van der Waals surface area contributed by atoms with Gasteiger partial charge < -0.3 is 10.4 Å². The first kappa shape index (κ1) is 14.0. The fourth-order valence-electron chi connectivity index (χ4n) is 3.05. The second kappa shape index (κ2) is 5.11. The topological polar surface area (TPSA) is 58.0 Å². The van der Waals surface area contributed by atoms with Crippen LogP contribution in [0.2, 0.25) is 0 Å². The lowest BCUT2D eigenvalue weighted by atomic mass is 9.74. The van der Waals surface area contributed by atoms with E-state index in [-0.39, 0.29) is 11.2 Å². The van der Waals surface area contributed by atoms with Gasteiger partial charge in [0.25, 0.3) is 0 Å². The van der Waals surface area contributed by atoms with Crippen molar-refractivity contribution in [1.82, 2.24) is 15.3 Å². The Bertz CT molecular complexity index is 650. The predicted molar refractivity (Wildman–Crippen MR) is 83.0 cm³/mol. The third-order valence-corrected chi connectivity index (χ3v) is 4.15. The van der Waals surface area contributed by atoms with Crippen molar-refractivity contribution in [2.24, 2.45) is 5.41 Å². The Balaban J connectivity index is 2.02. The number of phenolic OH excluding ortho intramolecular Hbond substituents is 1. The normalized spacial score (nSPS) is 20.0. The number of aromatic hydroxyl groups is 1. The van der Waals surface area contributed by atoms with Crippen LogP contribution in [0.3, 0.4) is 0 Å². The molecule has 1 aliphatic rings. The molecule has 1 unspecified atom stereocenters. The monoisotopic (exact) mass is 283 g/mol. The van der Waals surface area contributed by atoms with Crippen molar-refractivity contribution in [3.8, 4) is 17.1 Å². The zero-order valence-corrected chi connectivity index (χ0v) is 12.7. The van der Waals surface area contributed by atoms with Gasteiger partial charge in [-0.25, -0.2) is 9.97 Å². The number of rotatable bonds is 2. The molecule has 4 heteroatoms. The van der Waals surface area contributed by atoms with E-state index in [0.717, 1.165) is 29.9 Å². The average Bonchev–Trinajstić information content (AvgIpc) is 2.45. The predicted octanol–water partition coefficient (Wildman–Crippen LogP) is 3.08. The Hall–Kier alpha value is -1.94. The second-order valence-corrected chi connectivity index (χ2v) is 6.53. The molecule has 2 N–H and O–H groups in total. The minimum atomic E-state index is 0.237. The molecule has 0 saturated heterocycles. The molecule has 0 spiro atoms. The van der Waals surface area contributed by atoms with E-state index in [2.05, 4.69) is 24.1 Å². The van der Waals surface area contributed by atoms with Crippen LogP contribution in [0.25, 0.3) is 11.4 Å². The van der Waals surface area contributed by atoms with Crippen molar-refractivity contribution in [2.45, 2.75) is 32.7 Å². The van der Waals surface area contributed by atoms with Crippen LogP contribution in [-0.2, 0) is 6.42 Å². The zero-order valence-electron chi connectivity index (χ0n) is 12.7. The SMILES string of the molecule is CNC1CC(C)(C)Cc2nc(-c3ccc(O)cc3)ncc21. The van der Waals surface area contributed by atoms with Gasteiger partial charge in [0.15, 0.2) is 5.82 Å². The summed E-state index contributed by atoms with van der Waals surface area (Å²) in [5.41, 5.74) is 3.50. The summed E-state index contributed by atoms with van der Waals surface area (Å²) in [5, 5.41) is 12.8. The molecule has 0 radical (unpaired) electrons. The lowest BCUT2D eigenvalue weighted by molar-refractivity contribution is 0.260. The molecule has 1 aliphatic carbocycles. The minimum absolute atomic E-state index is 0.237. The highest BCUT2D eigenvalue weighted by atomic mass is 16.3. The number of nitrogens with one attached hydrogen (secondary N) is 1. The maximum Gasteiger partial charge on any atom is 0.159 e. The van der Waals surface area contributed by atoms with Crippen molar-refractivity contribution in [1.29, 1.82) is 0 Å². The summed E-state index contributed by atoms with van der Waals surface area (Å²) in [6.07, 6.45) is 4.01. The fourth-order valence-corrected chi connectivity index (χ4v) is 3.05. The fraction of sp³-hybridized carbons (Fsp3) is 0.412. The summed E-state index contributed by atoms with van der Waals surface area (Å²) >= 11 is 0. The smallest absolute Gasteiger partial charge is 0.159 e. The Morgan fingerprint density at radius 3 is 2.62 bits per heavy atom. The highest BCUT2D eigenvalue weighted by Gasteiger charge is 2.32. The summed E-state index contributed by atoms with van der Waals surface area (Å²) in [4.78, 5) is 9.28. The van der Waals surface area contributed by atoms with E-state index >= 15 is 0 Å². The summed E-state index contributed by atoms with van der Waals surface area (Å²) < 4.78 is 0. The number of hydrogen-bond donors (Lipinski definition) is 2. The molecule has 0 saturated carbocycles. The van der Waals surface area contributed by atoms with E-state index in [1.54, 1.807) is 12.1 Å². The van der Waals surface area contributed by atoms with Crippen LogP contribution in [0, 0.1) is 5.41 Å². The molecule has 0 aliphatic heterocycles. The molecular formula is C17H21N3O. The van der Waals surface area contributed by atoms with Gasteiger partial charge in [-0.3, -0.25) is 0 Å². The molecular weight excluding hydrogens is 262 g/mol. The quantitative estimate of drug-likeness (QED) is 0.889. The molecule has 1 aromatic carbocycles. The van der Waals surface area contributed by atoms with Gasteiger partial charge in [-0.2, -0.15) is 0 Å². The molecule has 0 amide bonds. The van der Waals surface area contributed by atoms with Crippen molar-refractivity contribution < 1.29 is 5.11 Å². The lowest BCUT2D eigenvalue weighted by Gasteiger charge is -2.36. The van der Waals surface area contributed by atoms with E-state index in [1.807, 2.05) is 25.4 Å². The summed E-state index contributed by atoms with van der Waals surface area (Å²) in [6, 6.07) is 7.34.